The number of hydrogen-bond acceptors (Lipinski definition) is 5. The molecule has 7 nitrogen and oxygen atoms in total. The smallest absolute Gasteiger partial charge is 0.266 e. The Hall–Kier alpha value is -3.27. The summed E-state index contributed by atoms with van der Waals surface area (Å²) >= 11 is 0. The van der Waals surface area contributed by atoms with Crippen LogP contribution in [0.15, 0.2) is 29.1 Å². The number of methoxy groups -OCH3 is 1. The van der Waals surface area contributed by atoms with Crippen molar-refractivity contribution in [3.8, 4) is 17.6 Å². The molecule has 0 unspecified atom stereocenters. The van der Waals surface area contributed by atoms with E-state index in [0.717, 1.165) is 5.56 Å². The first kappa shape index (κ1) is 20.0. The highest BCUT2D eigenvalue weighted by Crippen LogP contribution is 2.18. The second-order valence-electron chi connectivity index (χ2n) is 6.05. The molecule has 27 heavy (non-hydrogen) atoms. The van der Waals surface area contributed by atoms with Crippen LogP contribution in [0.4, 0.5) is 0 Å². The van der Waals surface area contributed by atoms with Crippen molar-refractivity contribution in [3.63, 3.8) is 0 Å². The van der Waals surface area contributed by atoms with Gasteiger partial charge in [-0.05, 0) is 43.5 Å². The molecule has 1 heterocycles. The third kappa shape index (κ3) is 5.35. The number of nitriles is 1. The van der Waals surface area contributed by atoms with Gasteiger partial charge in [-0.15, -0.1) is 0 Å². The summed E-state index contributed by atoms with van der Waals surface area (Å²) in [6.07, 6.45) is 0.712. The zero-order valence-corrected chi connectivity index (χ0v) is 15.7. The number of carbonyl (C=O) groups excluding carboxylic acids is 1. The molecular weight excluding hydrogens is 346 g/mol. The van der Waals surface area contributed by atoms with E-state index in [1.54, 1.807) is 27.0 Å². The van der Waals surface area contributed by atoms with Gasteiger partial charge in [-0.3, -0.25) is 9.59 Å². The predicted molar refractivity (Wildman–Crippen MR) is 101 cm³/mol. The van der Waals surface area contributed by atoms with Crippen molar-refractivity contribution in [2.24, 2.45) is 0 Å². The van der Waals surface area contributed by atoms with Crippen LogP contribution in [-0.4, -0.2) is 31.2 Å². The number of carbonyl (C=O) groups is 1. The molecule has 0 aliphatic carbocycles. The van der Waals surface area contributed by atoms with Crippen LogP contribution in [0.3, 0.4) is 0 Å². The fourth-order valence-electron chi connectivity index (χ4n) is 2.80. The number of aryl methyl sites for hydroxylation is 1. The van der Waals surface area contributed by atoms with Crippen molar-refractivity contribution in [1.29, 1.82) is 5.26 Å². The molecule has 0 fully saturated rings. The maximum Gasteiger partial charge on any atom is 0.266 e. The summed E-state index contributed by atoms with van der Waals surface area (Å²) in [7, 11) is 1.59. The van der Waals surface area contributed by atoms with Gasteiger partial charge in [-0.1, -0.05) is 6.07 Å². The van der Waals surface area contributed by atoms with E-state index in [9.17, 15) is 9.59 Å². The van der Waals surface area contributed by atoms with Gasteiger partial charge in [0.1, 0.15) is 29.7 Å². The zero-order chi connectivity index (χ0) is 19.8. The molecular formula is C20H23N3O4. The van der Waals surface area contributed by atoms with Gasteiger partial charge in [-0.25, -0.2) is 0 Å². The number of amides is 1. The molecule has 0 aliphatic rings. The summed E-state index contributed by atoms with van der Waals surface area (Å²) in [5.74, 6) is 1.26. The Balaban J connectivity index is 1.82. The lowest BCUT2D eigenvalue weighted by atomic mass is 9.99. The first-order chi connectivity index (χ1) is 13.0. The molecule has 0 atom stereocenters. The van der Waals surface area contributed by atoms with Crippen molar-refractivity contribution >= 4 is 5.91 Å². The van der Waals surface area contributed by atoms with E-state index in [0.29, 0.717) is 42.3 Å². The van der Waals surface area contributed by atoms with Crippen molar-refractivity contribution in [3.05, 3.63) is 57.0 Å². The van der Waals surface area contributed by atoms with Gasteiger partial charge in [0.2, 0.25) is 5.91 Å². The van der Waals surface area contributed by atoms with Gasteiger partial charge in [-0.2, -0.15) is 5.26 Å². The molecule has 0 saturated carbocycles. The molecule has 0 spiro atoms. The summed E-state index contributed by atoms with van der Waals surface area (Å²) < 4.78 is 10.7. The topological polar surface area (TPSA) is 104 Å². The van der Waals surface area contributed by atoms with Crippen LogP contribution in [0, 0.1) is 25.2 Å². The Morgan fingerprint density at radius 2 is 2.04 bits per heavy atom. The van der Waals surface area contributed by atoms with Gasteiger partial charge >= 0.3 is 0 Å². The molecule has 0 radical (unpaired) electrons. The molecule has 0 aliphatic heterocycles. The van der Waals surface area contributed by atoms with Crippen LogP contribution in [0.5, 0.6) is 11.5 Å². The highest BCUT2D eigenvalue weighted by atomic mass is 16.5. The number of pyridine rings is 1. The number of hydrogen-bond donors (Lipinski definition) is 2. The van der Waals surface area contributed by atoms with E-state index >= 15 is 0 Å². The van der Waals surface area contributed by atoms with Crippen molar-refractivity contribution < 1.29 is 14.3 Å². The maximum absolute atomic E-state index is 12.0. The summed E-state index contributed by atoms with van der Waals surface area (Å²) in [6, 6.07) is 9.16. The number of aromatic nitrogens is 1. The first-order valence-corrected chi connectivity index (χ1v) is 8.62. The summed E-state index contributed by atoms with van der Waals surface area (Å²) in [5.41, 5.74) is 1.85. The minimum atomic E-state index is -0.393. The van der Waals surface area contributed by atoms with Gasteiger partial charge in [0, 0.05) is 18.2 Å². The number of nitrogens with one attached hydrogen (secondary N) is 2. The van der Waals surface area contributed by atoms with Gasteiger partial charge in [0.15, 0.2) is 0 Å². The van der Waals surface area contributed by atoms with Crippen LogP contribution >= 0.6 is 0 Å². The minimum Gasteiger partial charge on any atom is -0.497 e. The van der Waals surface area contributed by atoms with E-state index in [1.165, 1.54) is 0 Å². The Labute approximate surface area is 157 Å². The molecule has 7 heteroatoms. The van der Waals surface area contributed by atoms with Crippen LogP contribution in [0.2, 0.25) is 0 Å². The van der Waals surface area contributed by atoms with E-state index in [4.69, 9.17) is 14.7 Å². The van der Waals surface area contributed by atoms with E-state index in [-0.39, 0.29) is 17.9 Å². The van der Waals surface area contributed by atoms with Crippen LogP contribution < -0.4 is 20.3 Å². The molecule has 1 aromatic heterocycles. The lowest BCUT2D eigenvalue weighted by Gasteiger charge is -2.11. The number of nitrogens with zero attached hydrogens (tertiary/aromatic N) is 1. The maximum atomic E-state index is 12.0. The standard InChI is InChI=1S/C20H23N3O4/c1-13-17(14(2)23-20(25)18(13)12-21)7-8-19(24)22-9-10-27-16-6-4-5-15(11-16)26-3/h4-6,11H,7-10H2,1-3H3,(H,22,24)(H,23,25). The van der Waals surface area contributed by atoms with Gasteiger partial charge in [0.25, 0.3) is 5.56 Å². The third-order valence-corrected chi connectivity index (χ3v) is 4.26. The van der Waals surface area contributed by atoms with E-state index < -0.39 is 5.56 Å². The van der Waals surface area contributed by atoms with Crippen molar-refractivity contribution in [2.75, 3.05) is 20.3 Å². The van der Waals surface area contributed by atoms with E-state index in [1.807, 2.05) is 24.3 Å². The quantitative estimate of drug-likeness (QED) is 0.693. The molecule has 0 saturated heterocycles. The normalized spacial score (nSPS) is 10.1. The summed E-state index contributed by atoms with van der Waals surface area (Å²) in [6.45, 7) is 4.22. The zero-order valence-electron chi connectivity index (χ0n) is 15.7. The highest BCUT2D eigenvalue weighted by Gasteiger charge is 2.13. The number of ether oxygens (including phenoxy) is 2. The predicted octanol–water partition coefficient (Wildman–Crippen LogP) is 2.00. The number of rotatable bonds is 8. The molecule has 0 bridgehead atoms. The second kappa shape index (κ2) is 9.43. The molecule has 2 N–H and O–H groups in total. The third-order valence-electron chi connectivity index (χ3n) is 4.26. The molecule has 1 amide bonds. The highest BCUT2D eigenvalue weighted by molar-refractivity contribution is 5.76. The van der Waals surface area contributed by atoms with Crippen molar-refractivity contribution in [1.82, 2.24) is 10.3 Å². The molecule has 1 aromatic carbocycles. The lowest BCUT2D eigenvalue weighted by Crippen LogP contribution is -2.28. The van der Waals surface area contributed by atoms with E-state index in [2.05, 4.69) is 10.3 Å². The molecule has 142 valence electrons. The minimum absolute atomic E-state index is 0.0997. The number of aromatic amines is 1. The van der Waals surface area contributed by atoms with Crippen LogP contribution in [-0.2, 0) is 11.2 Å². The average Bonchev–Trinajstić information content (AvgIpc) is 2.65. The Morgan fingerprint density at radius 3 is 2.74 bits per heavy atom. The largest absolute Gasteiger partial charge is 0.497 e. The summed E-state index contributed by atoms with van der Waals surface area (Å²) in [4.78, 5) is 26.4. The molecule has 2 aromatic rings. The van der Waals surface area contributed by atoms with Gasteiger partial charge in [0.05, 0.1) is 13.7 Å². The first-order valence-electron chi connectivity index (χ1n) is 8.62. The number of benzene rings is 1. The number of H-pyrrole nitrogens is 1. The van der Waals surface area contributed by atoms with Crippen LogP contribution in [0.1, 0.15) is 28.8 Å². The second-order valence-corrected chi connectivity index (χ2v) is 6.05. The fraction of sp³-hybridized carbons (Fsp3) is 0.350. The van der Waals surface area contributed by atoms with Crippen molar-refractivity contribution in [2.45, 2.75) is 26.7 Å². The fourth-order valence-corrected chi connectivity index (χ4v) is 2.80. The summed E-state index contributed by atoms with van der Waals surface area (Å²) in [5, 5.41) is 11.9. The lowest BCUT2D eigenvalue weighted by molar-refractivity contribution is -0.121. The van der Waals surface area contributed by atoms with Gasteiger partial charge < -0.3 is 19.8 Å². The Kier molecular flexibility index (Phi) is 7.00. The molecule has 2 rings (SSSR count). The Morgan fingerprint density at radius 1 is 1.30 bits per heavy atom. The van der Waals surface area contributed by atoms with Crippen LogP contribution in [0.25, 0.3) is 0 Å². The SMILES string of the molecule is COc1cccc(OCCNC(=O)CCc2c(C)[nH]c(=O)c(C#N)c2C)c1. The monoisotopic (exact) mass is 369 g/mol. The Bertz CT molecular complexity index is 912. The average molecular weight is 369 g/mol.